The van der Waals surface area contributed by atoms with E-state index in [1.54, 1.807) is 68.4 Å². The van der Waals surface area contributed by atoms with Gasteiger partial charge in [0.05, 0.1) is 63.7 Å². The Hall–Kier alpha value is -2.07. The number of anilines is 1. The van der Waals surface area contributed by atoms with E-state index in [1.165, 1.54) is 13.2 Å². The molecule has 0 aromatic heterocycles. The van der Waals surface area contributed by atoms with Crippen LogP contribution in [0.2, 0.25) is 0 Å². The number of phenolic OH excluding ortho intramolecular Hbond substituents is 1. The first kappa shape index (κ1) is 49.1. The van der Waals surface area contributed by atoms with Gasteiger partial charge in [-0.15, -0.1) is 10.2 Å². The number of aryl methyl sites for hydroxylation is 2. The van der Waals surface area contributed by atoms with Gasteiger partial charge in [0.1, 0.15) is 27.2 Å². The summed E-state index contributed by atoms with van der Waals surface area (Å²) in [6.45, 7) is 3.53. The van der Waals surface area contributed by atoms with Crippen LogP contribution in [-0.2, 0) is 28.9 Å². The minimum Gasteiger partial charge on any atom is -0.744 e. The second kappa shape index (κ2) is 22.8. The number of benzene rings is 5. The molecule has 0 saturated heterocycles. The fourth-order valence-corrected chi connectivity index (χ4v) is 6.13. The maximum atomic E-state index is 11.6. The summed E-state index contributed by atoms with van der Waals surface area (Å²) >= 11 is 1.11. The molecule has 5 aromatic carbocycles. The number of aromatic hydroxyl groups is 1. The number of nitrogen functional groups attached to an aromatic ring is 1. The summed E-state index contributed by atoms with van der Waals surface area (Å²) in [7, 11) is -3.45. The van der Waals surface area contributed by atoms with Crippen molar-refractivity contribution in [3.63, 3.8) is 0 Å². The molecule has 0 aliphatic rings. The topological polar surface area (TPSA) is 270 Å². The molecule has 5 rings (SSSR count). The van der Waals surface area contributed by atoms with E-state index in [0.29, 0.717) is 62.3 Å². The summed E-state index contributed by atoms with van der Waals surface area (Å²) < 4.78 is 49.1. The summed E-state index contributed by atoms with van der Waals surface area (Å²) in [4.78, 5) is -0.0924. The Morgan fingerprint density at radius 1 is 0.727 bits per heavy atom. The normalized spacial score (nSPS) is 11.5. The second-order valence-electron chi connectivity index (χ2n) is 10.5. The van der Waals surface area contributed by atoms with Gasteiger partial charge < -0.3 is 30.6 Å². The van der Waals surface area contributed by atoms with E-state index in [-0.39, 0.29) is 116 Å². The van der Waals surface area contributed by atoms with Crippen molar-refractivity contribution in [3.8, 4) is 11.5 Å². The fraction of sp³-hybridized carbons (Fsp3) is 0.0968. The number of ether oxygens (including phenoxy) is 1. The van der Waals surface area contributed by atoms with Crippen molar-refractivity contribution < 1.29 is 141 Å². The van der Waals surface area contributed by atoms with E-state index in [0.717, 1.165) is 24.2 Å². The van der Waals surface area contributed by atoms with Crippen LogP contribution in [0.15, 0.2) is 118 Å². The number of azo groups is 3. The molecule has 0 spiro atoms. The van der Waals surface area contributed by atoms with E-state index in [4.69, 9.17) is 10.5 Å². The van der Waals surface area contributed by atoms with Gasteiger partial charge in [0.2, 0.25) is 0 Å². The zero-order valence-electron chi connectivity index (χ0n) is 29.9. The van der Waals surface area contributed by atoms with Crippen LogP contribution in [0.3, 0.4) is 0 Å². The predicted octanol–water partition coefficient (Wildman–Crippen LogP) is -1.62. The average Bonchev–Trinajstić information content (AvgIpc) is 3.12. The number of nitrogens with zero attached hydrogens (tertiary/aromatic N) is 6. The minimum atomic E-state index is -4.93. The summed E-state index contributed by atoms with van der Waals surface area (Å²) in [5.74, 6) is -0.0969. The number of methoxy groups -OCH3 is 1. The number of nitrogens with two attached hydrogens (primary N) is 1. The first-order chi connectivity index (χ1) is 24.9. The van der Waals surface area contributed by atoms with Gasteiger partial charge in [-0.05, 0) is 91.0 Å². The first-order valence-electron chi connectivity index (χ1n) is 14.4. The maximum absolute atomic E-state index is 11.6. The molecule has 55 heavy (non-hydrogen) atoms. The summed E-state index contributed by atoms with van der Waals surface area (Å²) in [5.41, 5.74) is 8.83. The molecule has 0 atom stereocenters. The Morgan fingerprint density at radius 3 is 1.95 bits per heavy atom. The molecule has 24 heteroatoms. The average molecular weight is 836 g/mol. The van der Waals surface area contributed by atoms with Crippen LogP contribution in [0.5, 0.6) is 11.5 Å². The number of hydrogen-bond acceptors (Lipinski definition) is 20. The van der Waals surface area contributed by atoms with Crippen LogP contribution in [0.4, 0.5) is 39.8 Å². The molecule has 0 radical (unpaired) electrons. The zero-order chi connectivity index (χ0) is 37.4. The van der Waals surface area contributed by atoms with Crippen LogP contribution in [0.1, 0.15) is 11.1 Å². The molecule has 270 valence electrons. The zero-order valence-corrected chi connectivity index (χ0v) is 38.4. The van der Waals surface area contributed by atoms with Crippen molar-refractivity contribution >= 4 is 84.8 Å². The minimum absolute atomic E-state index is 0. The first-order valence-corrected chi connectivity index (χ1v) is 17.3. The molecule has 0 fully saturated rings. The number of rotatable bonds is 14. The monoisotopic (exact) mass is 835 g/mol. The van der Waals surface area contributed by atoms with Crippen molar-refractivity contribution in [2.75, 3.05) is 12.8 Å². The Morgan fingerprint density at radius 2 is 1.33 bits per heavy atom. The van der Waals surface area contributed by atoms with Crippen LogP contribution < -0.4 is 110 Å². The molecular formula is C31H24N7Na3O11S3. The number of phenols is 1. The second-order valence-corrected chi connectivity index (χ2v) is 13.3. The third-order valence-electron chi connectivity index (χ3n) is 7.06. The summed E-state index contributed by atoms with van der Waals surface area (Å²) in [6, 6.07) is 18.6. The van der Waals surface area contributed by atoms with Gasteiger partial charge in [-0.1, -0.05) is 6.07 Å². The Kier molecular flexibility index (Phi) is 20.3. The molecule has 0 amide bonds. The van der Waals surface area contributed by atoms with Gasteiger partial charge in [0, 0.05) is 22.0 Å². The molecule has 0 saturated carbocycles. The smallest absolute Gasteiger partial charge is 0.744 e. The van der Waals surface area contributed by atoms with Gasteiger partial charge in [0.25, 0.3) is 0 Å². The molecule has 5 aromatic rings. The van der Waals surface area contributed by atoms with E-state index in [1.807, 2.05) is 0 Å². The number of fused-ring (bicyclic) bond motifs is 1. The van der Waals surface area contributed by atoms with Crippen LogP contribution >= 0.6 is 24.1 Å². The quantitative estimate of drug-likeness (QED) is 0.0242. The molecule has 18 nitrogen and oxygen atoms in total. The van der Waals surface area contributed by atoms with Crippen molar-refractivity contribution in [3.05, 3.63) is 83.9 Å². The van der Waals surface area contributed by atoms with Crippen molar-refractivity contribution in [1.29, 1.82) is 0 Å². The summed E-state index contributed by atoms with van der Waals surface area (Å²) in [6.07, 6.45) is 0. The van der Waals surface area contributed by atoms with Crippen LogP contribution in [0, 0.1) is 13.8 Å². The van der Waals surface area contributed by atoms with Gasteiger partial charge in [-0.25, -0.2) is 8.42 Å². The van der Waals surface area contributed by atoms with Gasteiger partial charge >= 0.3 is 88.7 Å². The van der Waals surface area contributed by atoms with Crippen molar-refractivity contribution in [1.82, 2.24) is 0 Å². The Labute approximate surface area is 388 Å². The van der Waals surface area contributed by atoms with Gasteiger partial charge in [-0.2, -0.15) is 29.1 Å². The summed E-state index contributed by atoms with van der Waals surface area (Å²) in [5, 5.41) is 64.2. The molecule has 0 aliphatic carbocycles. The van der Waals surface area contributed by atoms with E-state index in [9.17, 15) is 28.6 Å². The third-order valence-corrected chi connectivity index (χ3v) is 9.14. The largest absolute Gasteiger partial charge is 1.00 e. The third kappa shape index (κ3) is 13.0. The molecule has 0 unspecified atom stereocenters. The Balaban J connectivity index is 0.00000348. The maximum Gasteiger partial charge on any atom is 1.00 e. The molecule has 0 bridgehead atoms. The van der Waals surface area contributed by atoms with E-state index in [2.05, 4.69) is 49.4 Å². The Bertz CT molecular complexity index is 2340. The van der Waals surface area contributed by atoms with Crippen molar-refractivity contribution in [2.24, 2.45) is 30.7 Å². The molecule has 0 heterocycles. The van der Waals surface area contributed by atoms with Crippen LogP contribution in [0.25, 0.3) is 10.8 Å². The predicted molar refractivity (Wildman–Crippen MR) is 182 cm³/mol. The van der Waals surface area contributed by atoms with Gasteiger partial charge in [-0.3, -0.25) is 10.1 Å². The van der Waals surface area contributed by atoms with E-state index >= 15 is 0 Å². The number of hydrogen-bond donors (Lipinski definition) is 2. The van der Waals surface area contributed by atoms with Crippen molar-refractivity contribution in [2.45, 2.75) is 28.5 Å². The SMILES string of the molecule is COc1cc(N=Nc2cccc(SOO[O-])c2)ccc1N=Nc1cc(C)c(N=Nc2c(SOO[O-])cc3cc(S(=O)(=O)[O-])c(N)cc3c2O)cc1C.[Na+].[Na+].[Na+]. The standard InChI is InChI=1S/C31H27N7O11S3.3Na/c1-16-10-26(37-38-30-28(51-49-47-41)11-18-12-29(52(42,43)44)23(32)15-22(18)31(30)39)17(2)9-25(16)36-35-24-8-7-20(14-27(24)45-3)34-33-19-5-4-6-21(13-19)50-48-46-40;;;/h4-15,39-41H,32H2,1-3H3,(H,42,43,44);;;/q;3*+1/p-3. The molecule has 3 N–H and O–H groups in total. The van der Waals surface area contributed by atoms with Gasteiger partial charge in [0.15, 0.2) is 5.75 Å². The molecular weight excluding hydrogens is 812 g/mol. The fourth-order valence-electron chi connectivity index (χ4n) is 4.61. The van der Waals surface area contributed by atoms with E-state index < -0.39 is 20.8 Å². The van der Waals surface area contributed by atoms with Crippen LogP contribution in [-0.4, -0.2) is 25.2 Å². The molecule has 0 aliphatic heterocycles.